The maximum absolute atomic E-state index is 12.1. The Balaban J connectivity index is 1.38. The summed E-state index contributed by atoms with van der Waals surface area (Å²) >= 11 is 0. The number of hydrogen-bond acceptors (Lipinski definition) is 4. The molecule has 5 atom stereocenters. The zero-order valence-electron chi connectivity index (χ0n) is 18.0. The second kappa shape index (κ2) is 11.3. The van der Waals surface area contributed by atoms with Crippen LogP contribution in [0.1, 0.15) is 64.7 Å². The van der Waals surface area contributed by atoms with E-state index >= 15 is 0 Å². The Morgan fingerprint density at radius 1 is 1.34 bits per heavy atom. The second-order valence-electron chi connectivity index (χ2n) is 9.08. The number of amides is 1. The molecule has 1 saturated heterocycles. The van der Waals surface area contributed by atoms with E-state index in [9.17, 15) is 15.0 Å². The molecule has 3 aliphatic rings. The summed E-state index contributed by atoms with van der Waals surface area (Å²) < 4.78 is 5.79. The first-order valence-electron chi connectivity index (χ1n) is 11.7. The minimum Gasteiger partial charge on any atom is -0.392 e. The van der Waals surface area contributed by atoms with Crippen LogP contribution in [0.2, 0.25) is 0 Å². The number of rotatable bonds is 11. The van der Waals surface area contributed by atoms with Gasteiger partial charge in [-0.2, -0.15) is 0 Å². The molecule has 0 aromatic heterocycles. The molecule has 5 nitrogen and oxygen atoms in total. The van der Waals surface area contributed by atoms with Crippen molar-refractivity contribution in [3.63, 3.8) is 0 Å². The Kier molecular flexibility index (Phi) is 8.76. The highest BCUT2D eigenvalue weighted by molar-refractivity contribution is 5.76. The molecule has 0 bridgehead atoms. The maximum Gasteiger partial charge on any atom is 0.224 e. The number of nitrogens with zero attached hydrogens (tertiary/aromatic N) is 1. The largest absolute Gasteiger partial charge is 0.392 e. The van der Waals surface area contributed by atoms with E-state index in [0.717, 1.165) is 64.5 Å². The number of carbonyl (C=O) groups excluding carboxylic acids is 1. The molecule has 2 fully saturated rings. The molecule has 1 saturated carbocycles. The zero-order chi connectivity index (χ0) is 20.6. The fraction of sp³-hybridized carbons (Fsp3) is 0.792. The lowest BCUT2D eigenvalue weighted by Gasteiger charge is -2.19. The minimum absolute atomic E-state index is 0.117. The van der Waals surface area contributed by atoms with Crippen LogP contribution in [0.3, 0.4) is 0 Å². The van der Waals surface area contributed by atoms with Gasteiger partial charge in [0.05, 0.1) is 31.8 Å². The van der Waals surface area contributed by atoms with Crippen molar-refractivity contribution < 1.29 is 19.7 Å². The first-order valence-corrected chi connectivity index (χ1v) is 11.7. The fourth-order valence-electron chi connectivity index (χ4n) is 5.16. The first kappa shape index (κ1) is 22.5. The summed E-state index contributed by atoms with van der Waals surface area (Å²) in [4.78, 5) is 14.0. The normalized spacial score (nSPS) is 30.2. The molecule has 1 amide bonds. The van der Waals surface area contributed by atoms with Gasteiger partial charge in [0, 0.05) is 19.0 Å². The molecular weight excluding hydrogens is 366 g/mol. The lowest BCUT2D eigenvalue weighted by Crippen LogP contribution is -2.28. The average Bonchev–Trinajstić information content (AvgIpc) is 3.41. The SMILES string of the molecule is CCCCC[C@H](O)/C=C/[C@@H]1[C@H]2CC(COCCC(=O)N3CCCC3)=C[C@H]2C[C@H]1O. The summed E-state index contributed by atoms with van der Waals surface area (Å²) in [6.45, 7) is 5.04. The average molecular weight is 406 g/mol. The molecule has 2 aliphatic carbocycles. The van der Waals surface area contributed by atoms with Crippen LogP contribution < -0.4 is 0 Å². The van der Waals surface area contributed by atoms with Crippen LogP contribution in [0.15, 0.2) is 23.8 Å². The van der Waals surface area contributed by atoms with Crippen LogP contribution in [0.4, 0.5) is 0 Å². The summed E-state index contributed by atoms with van der Waals surface area (Å²) in [5, 5.41) is 20.6. The topological polar surface area (TPSA) is 70.0 Å². The van der Waals surface area contributed by atoms with Crippen molar-refractivity contribution >= 4 is 5.91 Å². The van der Waals surface area contributed by atoms with E-state index in [1.54, 1.807) is 0 Å². The van der Waals surface area contributed by atoms with Crippen molar-refractivity contribution in [3.8, 4) is 0 Å². The van der Waals surface area contributed by atoms with E-state index in [4.69, 9.17) is 4.74 Å². The third-order valence-corrected chi connectivity index (χ3v) is 6.82. The standard InChI is InChI=1S/C24H39NO4/c1-2-3-4-7-20(26)8-9-21-22-15-18(14-19(22)16-23(21)27)17-29-13-10-24(28)25-11-5-6-12-25/h8-9,14,19-23,26-27H,2-7,10-13,15-17H2,1H3/b9-8+/t19-,20-,21+,22-,23+/m0/s1. The van der Waals surface area contributed by atoms with Crippen LogP contribution in [-0.4, -0.2) is 59.5 Å². The highest BCUT2D eigenvalue weighted by Gasteiger charge is 2.43. The number of likely N-dealkylation sites (tertiary alicyclic amines) is 1. The van der Waals surface area contributed by atoms with Gasteiger partial charge in [0.1, 0.15) is 0 Å². The van der Waals surface area contributed by atoms with Gasteiger partial charge in [0.2, 0.25) is 5.91 Å². The molecule has 1 heterocycles. The monoisotopic (exact) mass is 405 g/mol. The smallest absolute Gasteiger partial charge is 0.224 e. The fourth-order valence-corrected chi connectivity index (χ4v) is 5.16. The highest BCUT2D eigenvalue weighted by atomic mass is 16.5. The number of allylic oxidation sites excluding steroid dienone is 1. The minimum atomic E-state index is -0.405. The van der Waals surface area contributed by atoms with E-state index in [0.29, 0.717) is 31.5 Å². The number of hydrogen-bond donors (Lipinski definition) is 2. The quantitative estimate of drug-likeness (QED) is 0.408. The molecule has 0 aromatic carbocycles. The van der Waals surface area contributed by atoms with Gasteiger partial charge in [0.15, 0.2) is 0 Å². The van der Waals surface area contributed by atoms with Gasteiger partial charge in [-0.3, -0.25) is 4.79 Å². The van der Waals surface area contributed by atoms with Gasteiger partial charge in [0.25, 0.3) is 0 Å². The number of aliphatic hydroxyl groups is 2. The predicted molar refractivity (Wildman–Crippen MR) is 114 cm³/mol. The van der Waals surface area contributed by atoms with Crippen molar-refractivity contribution in [2.45, 2.75) is 76.9 Å². The highest BCUT2D eigenvalue weighted by Crippen LogP contribution is 2.47. The van der Waals surface area contributed by atoms with Crippen LogP contribution in [0.5, 0.6) is 0 Å². The first-order chi connectivity index (χ1) is 14.1. The summed E-state index contributed by atoms with van der Waals surface area (Å²) in [6, 6.07) is 0. The van der Waals surface area contributed by atoms with Gasteiger partial charge < -0.3 is 19.8 Å². The third-order valence-electron chi connectivity index (χ3n) is 6.82. The molecule has 5 heteroatoms. The Morgan fingerprint density at radius 2 is 2.14 bits per heavy atom. The molecule has 0 aromatic rings. The van der Waals surface area contributed by atoms with Gasteiger partial charge in [-0.25, -0.2) is 0 Å². The molecule has 0 radical (unpaired) electrons. The maximum atomic E-state index is 12.1. The van der Waals surface area contributed by atoms with Gasteiger partial charge in [-0.05, 0) is 49.5 Å². The van der Waals surface area contributed by atoms with Gasteiger partial charge in [-0.1, -0.05) is 44.4 Å². The van der Waals surface area contributed by atoms with Crippen LogP contribution >= 0.6 is 0 Å². The Morgan fingerprint density at radius 3 is 2.90 bits per heavy atom. The Labute approximate surface area is 175 Å². The summed E-state index contributed by atoms with van der Waals surface area (Å²) in [6.07, 6.45) is 14.1. The Bertz CT molecular complexity index is 581. The van der Waals surface area contributed by atoms with Crippen LogP contribution in [-0.2, 0) is 9.53 Å². The lowest BCUT2D eigenvalue weighted by atomic mass is 9.89. The molecule has 2 N–H and O–H groups in total. The van der Waals surface area contributed by atoms with E-state index in [-0.39, 0.29) is 17.9 Å². The van der Waals surface area contributed by atoms with E-state index in [1.807, 2.05) is 11.0 Å². The number of fused-ring (bicyclic) bond motifs is 1. The molecule has 0 unspecified atom stereocenters. The number of unbranched alkanes of at least 4 members (excludes halogenated alkanes) is 2. The van der Waals surface area contributed by atoms with E-state index < -0.39 is 6.10 Å². The van der Waals surface area contributed by atoms with Crippen LogP contribution in [0, 0.1) is 17.8 Å². The van der Waals surface area contributed by atoms with Crippen molar-refractivity contribution in [3.05, 3.63) is 23.8 Å². The van der Waals surface area contributed by atoms with Crippen molar-refractivity contribution in [1.82, 2.24) is 4.90 Å². The van der Waals surface area contributed by atoms with Crippen molar-refractivity contribution in [2.75, 3.05) is 26.3 Å². The van der Waals surface area contributed by atoms with Crippen molar-refractivity contribution in [1.29, 1.82) is 0 Å². The second-order valence-corrected chi connectivity index (χ2v) is 9.08. The molecular formula is C24H39NO4. The zero-order valence-corrected chi connectivity index (χ0v) is 18.0. The van der Waals surface area contributed by atoms with E-state index in [2.05, 4.69) is 19.1 Å². The lowest BCUT2D eigenvalue weighted by molar-refractivity contribution is -0.131. The summed E-state index contributed by atoms with van der Waals surface area (Å²) in [7, 11) is 0. The third kappa shape index (κ3) is 6.40. The Hall–Kier alpha value is -1.17. The van der Waals surface area contributed by atoms with Crippen LogP contribution in [0.25, 0.3) is 0 Å². The molecule has 0 spiro atoms. The molecule has 164 valence electrons. The summed E-state index contributed by atoms with van der Waals surface area (Å²) in [5.74, 6) is 1.15. The predicted octanol–water partition coefficient (Wildman–Crippen LogP) is 3.46. The van der Waals surface area contributed by atoms with Crippen molar-refractivity contribution in [2.24, 2.45) is 17.8 Å². The molecule has 3 rings (SSSR count). The van der Waals surface area contributed by atoms with Gasteiger partial charge >= 0.3 is 0 Å². The summed E-state index contributed by atoms with van der Waals surface area (Å²) in [5.41, 5.74) is 1.29. The molecule has 29 heavy (non-hydrogen) atoms. The van der Waals surface area contributed by atoms with E-state index in [1.165, 1.54) is 5.57 Å². The number of carbonyl (C=O) groups is 1. The van der Waals surface area contributed by atoms with Gasteiger partial charge in [-0.15, -0.1) is 0 Å². The number of aliphatic hydroxyl groups excluding tert-OH is 2. The number of ether oxygens (including phenoxy) is 1. The molecule has 1 aliphatic heterocycles.